The minimum absolute atomic E-state index is 0.0478. The molecule has 4 heteroatoms. The molecule has 0 aromatic carbocycles. The van der Waals surface area contributed by atoms with Crippen molar-refractivity contribution in [2.75, 3.05) is 13.7 Å². The normalized spacial score (nSPS) is 18.2. The molecule has 0 bridgehead atoms. The Morgan fingerprint density at radius 3 is 2.93 bits per heavy atom. The molecule has 0 aliphatic heterocycles. The van der Waals surface area contributed by atoms with Crippen LogP contribution < -0.4 is 0 Å². The van der Waals surface area contributed by atoms with Crippen molar-refractivity contribution in [3.8, 4) is 0 Å². The largest absolute Gasteiger partial charge is 0.384 e. The Labute approximate surface area is 88.7 Å². The predicted octanol–water partition coefficient (Wildman–Crippen LogP) is 1.36. The fraction of sp³-hybridized carbons (Fsp3) is 0.545. The summed E-state index contributed by atoms with van der Waals surface area (Å²) in [7, 11) is 1.68. The SMILES string of the molecule is COCC1(c2nccc(C=O)n2)CCC1. The summed E-state index contributed by atoms with van der Waals surface area (Å²) in [5.74, 6) is 0.750. The van der Waals surface area contributed by atoms with E-state index in [0.717, 1.165) is 25.0 Å². The van der Waals surface area contributed by atoms with Gasteiger partial charge in [0.1, 0.15) is 11.5 Å². The van der Waals surface area contributed by atoms with Crippen molar-refractivity contribution in [1.29, 1.82) is 0 Å². The Morgan fingerprint density at radius 1 is 1.60 bits per heavy atom. The van der Waals surface area contributed by atoms with Gasteiger partial charge < -0.3 is 4.74 Å². The number of carbonyl (C=O) groups is 1. The minimum atomic E-state index is -0.0478. The van der Waals surface area contributed by atoms with Crippen molar-refractivity contribution in [3.05, 3.63) is 23.8 Å². The first-order valence-corrected chi connectivity index (χ1v) is 5.08. The van der Waals surface area contributed by atoms with Gasteiger partial charge in [-0.2, -0.15) is 0 Å². The van der Waals surface area contributed by atoms with Crippen molar-refractivity contribution in [2.45, 2.75) is 24.7 Å². The first-order valence-electron chi connectivity index (χ1n) is 5.08. The zero-order valence-corrected chi connectivity index (χ0v) is 8.77. The van der Waals surface area contributed by atoms with E-state index in [4.69, 9.17) is 4.74 Å². The smallest absolute Gasteiger partial charge is 0.168 e. The Bertz CT molecular complexity index is 361. The second kappa shape index (κ2) is 4.06. The molecule has 0 atom stereocenters. The first kappa shape index (κ1) is 10.2. The average molecular weight is 206 g/mol. The summed E-state index contributed by atoms with van der Waals surface area (Å²) in [6.45, 7) is 0.634. The van der Waals surface area contributed by atoms with Crippen molar-refractivity contribution in [3.63, 3.8) is 0 Å². The van der Waals surface area contributed by atoms with Crippen LogP contribution in [0.4, 0.5) is 0 Å². The van der Waals surface area contributed by atoms with E-state index in [1.807, 2.05) is 0 Å². The molecule has 0 amide bonds. The maximum Gasteiger partial charge on any atom is 0.168 e. The summed E-state index contributed by atoms with van der Waals surface area (Å²) in [4.78, 5) is 19.1. The molecule has 0 saturated heterocycles. The number of hydrogen-bond donors (Lipinski definition) is 0. The van der Waals surface area contributed by atoms with Crippen LogP contribution in [-0.4, -0.2) is 30.0 Å². The molecule has 1 heterocycles. The van der Waals surface area contributed by atoms with Gasteiger partial charge in [0.25, 0.3) is 0 Å². The zero-order chi connectivity index (χ0) is 10.7. The van der Waals surface area contributed by atoms with Gasteiger partial charge in [-0.05, 0) is 18.9 Å². The number of nitrogens with zero attached hydrogens (tertiary/aromatic N) is 2. The molecule has 1 aromatic heterocycles. The van der Waals surface area contributed by atoms with Crippen LogP contribution in [0.2, 0.25) is 0 Å². The predicted molar refractivity (Wildman–Crippen MR) is 54.8 cm³/mol. The van der Waals surface area contributed by atoms with Gasteiger partial charge in [-0.25, -0.2) is 9.97 Å². The standard InChI is InChI=1S/C11H14N2O2/c1-15-8-11(4-2-5-11)10-12-6-3-9(7-14)13-10/h3,6-7H,2,4-5,8H2,1H3. The van der Waals surface area contributed by atoms with Crippen LogP contribution in [0, 0.1) is 0 Å². The molecule has 0 radical (unpaired) electrons. The van der Waals surface area contributed by atoms with Gasteiger partial charge >= 0.3 is 0 Å². The van der Waals surface area contributed by atoms with Crippen LogP contribution in [0.15, 0.2) is 12.3 Å². The van der Waals surface area contributed by atoms with Crippen LogP contribution in [0.25, 0.3) is 0 Å². The van der Waals surface area contributed by atoms with Crippen LogP contribution in [0.3, 0.4) is 0 Å². The number of carbonyl (C=O) groups excluding carboxylic acids is 1. The molecule has 0 N–H and O–H groups in total. The number of aromatic nitrogens is 2. The Hall–Kier alpha value is -1.29. The molecule has 1 saturated carbocycles. The monoisotopic (exact) mass is 206 g/mol. The van der Waals surface area contributed by atoms with Gasteiger partial charge in [0, 0.05) is 13.3 Å². The third kappa shape index (κ3) is 1.77. The van der Waals surface area contributed by atoms with E-state index < -0.39 is 0 Å². The summed E-state index contributed by atoms with van der Waals surface area (Å²) in [5, 5.41) is 0. The Balaban J connectivity index is 2.29. The number of methoxy groups -OCH3 is 1. The van der Waals surface area contributed by atoms with E-state index in [-0.39, 0.29) is 5.41 Å². The third-order valence-corrected chi connectivity index (χ3v) is 3.00. The van der Waals surface area contributed by atoms with E-state index in [1.165, 1.54) is 6.42 Å². The Morgan fingerprint density at radius 2 is 2.40 bits per heavy atom. The van der Waals surface area contributed by atoms with E-state index in [9.17, 15) is 4.79 Å². The topological polar surface area (TPSA) is 52.1 Å². The van der Waals surface area contributed by atoms with Gasteiger partial charge in [-0.3, -0.25) is 4.79 Å². The molecule has 4 nitrogen and oxygen atoms in total. The summed E-state index contributed by atoms with van der Waals surface area (Å²) < 4.78 is 5.21. The average Bonchev–Trinajstić information content (AvgIpc) is 2.23. The van der Waals surface area contributed by atoms with Crippen molar-refractivity contribution in [1.82, 2.24) is 9.97 Å². The highest BCUT2D eigenvalue weighted by molar-refractivity contribution is 5.71. The molecule has 1 aliphatic rings. The minimum Gasteiger partial charge on any atom is -0.384 e. The fourth-order valence-corrected chi connectivity index (χ4v) is 2.01. The highest BCUT2D eigenvalue weighted by atomic mass is 16.5. The molecule has 0 spiro atoms. The summed E-state index contributed by atoms with van der Waals surface area (Å²) in [6.07, 6.45) is 5.66. The van der Waals surface area contributed by atoms with E-state index in [2.05, 4.69) is 9.97 Å². The maximum atomic E-state index is 10.6. The van der Waals surface area contributed by atoms with Gasteiger partial charge in [0.05, 0.1) is 12.0 Å². The summed E-state index contributed by atoms with van der Waals surface area (Å²) in [6, 6.07) is 1.62. The van der Waals surface area contributed by atoms with Gasteiger partial charge in [-0.15, -0.1) is 0 Å². The quantitative estimate of drug-likeness (QED) is 0.698. The second-order valence-electron chi connectivity index (χ2n) is 3.99. The zero-order valence-electron chi connectivity index (χ0n) is 8.77. The van der Waals surface area contributed by atoms with E-state index in [1.54, 1.807) is 19.4 Å². The highest BCUT2D eigenvalue weighted by Crippen LogP contribution is 2.42. The molecule has 1 fully saturated rings. The molecular formula is C11H14N2O2. The lowest BCUT2D eigenvalue weighted by Gasteiger charge is -2.39. The lowest BCUT2D eigenvalue weighted by atomic mass is 9.68. The molecule has 1 aliphatic carbocycles. The molecule has 2 rings (SSSR count). The van der Waals surface area contributed by atoms with Crippen molar-refractivity contribution < 1.29 is 9.53 Å². The fourth-order valence-electron chi connectivity index (χ4n) is 2.01. The molecule has 15 heavy (non-hydrogen) atoms. The second-order valence-corrected chi connectivity index (χ2v) is 3.99. The Kier molecular flexibility index (Phi) is 2.77. The first-order chi connectivity index (χ1) is 7.30. The third-order valence-electron chi connectivity index (χ3n) is 3.00. The van der Waals surface area contributed by atoms with Gasteiger partial charge in [-0.1, -0.05) is 6.42 Å². The van der Waals surface area contributed by atoms with E-state index >= 15 is 0 Å². The van der Waals surface area contributed by atoms with Crippen LogP contribution in [-0.2, 0) is 10.2 Å². The number of rotatable bonds is 4. The summed E-state index contributed by atoms with van der Waals surface area (Å²) >= 11 is 0. The van der Waals surface area contributed by atoms with Crippen LogP contribution in [0.5, 0.6) is 0 Å². The van der Waals surface area contributed by atoms with Crippen LogP contribution >= 0.6 is 0 Å². The maximum absolute atomic E-state index is 10.6. The van der Waals surface area contributed by atoms with E-state index in [0.29, 0.717) is 12.3 Å². The van der Waals surface area contributed by atoms with Crippen molar-refractivity contribution >= 4 is 6.29 Å². The molecule has 80 valence electrons. The lowest BCUT2D eigenvalue weighted by molar-refractivity contribution is 0.0729. The number of ether oxygens (including phenoxy) is 1. The number of hydrogen-bond acceptors (Lipinski definition) is 4. The van der Waals surface area contributed by atoms with Gasteiger partial charge in [0.2, 0.25) is 0 Å². The lowest BCUT2D eigenvalue weighted by Crippen LogP contribution is -2.40. The number of aldehydes is 1. The molecule has 0 unspecified atom stereocenters. The summed E-state index contributed by atoms with van der Waals surface area (Å²) in [5.41, 5.74) is 0.399. The highest BCUT2D eigenvalue weighted by Gasteiger charge is 2.41. The molecular weight excluding hydrogens is 192 g/mol. The van der Waals surface area contributed by atoms with Crippen molar-refractivity contribution in [2.24, 2.45) is 0 Å². The molecule has 1 aromatic rings. The van der Waals surface area contributed by atoms with Gasteiger partial charge in [0.15, 0.2) is 6.29 Å². The van der Waals surface area contributed by atoms with Crippen LogP contribution in [0.1, 0.15) is 35.6 Å².